The van der Waals surface area contributed by atoms with Crippen molar-refractivity contribution in [3.8, 4) is 0 Å². The summed E-state index contributed by atoms with van der Waals surface area (Å²) in [4.78, 5) is 23.9. The summed E-state index contributed by atoms with van der Waals surface area (Å²) in [6, 6.07) is 6.84. The van der Waals surface area contributed by atoms with Crippen LogP contribution in [0.4, 0.5) is 5.69 Å². The molecule has 134 valence electrons. The summed E-state index contributed by atoms with van der Waals surface area (Å²) in [5, 5.41) is 11.4. The smallest absolute Gasteiger partial charge is 0.338 e. The molecule has 1 N–H and O–H groups in total. The van der Waals surface area contributed by atoms with Crippen molar-refractivity contribution in [1.82, 2.24) is 14.8 Å². The number of anilines is 1. The van der Waals surface area contributed by atoms with E-state index in [9.17, 15) is 9.59 Å². The molecule has 0 spiro atoms. The maximum absolute atomic E-state index is 12.1. The molecule has 0 fully saturated rings. The van der Waals surface area contributed by atoms with Gasteiger partial charge in [0.2, 0.25) is 5.91 Å². The van der Waals surface area contributed by atoms with Gasteiger partial charge in [-0.25, -0.2) is 4.79 Å². The van der Waals surface area contributed by atoms with Crippen molar-refractivity contribution in [3.63, 3.8) is 0 Å². The van der Waals surface area contributed by atoms with E-state index in [1.165, 1.54) is 11.8 Å². The summed E-state index contributed by atoms with van der Waals surface area (Å²) in [7, 11) is 0. The molecule has 0 radical (unpaired) electrons. The van der Waals surface area contributed by atoms with Gasteiger partial charge in [-0.1, -0.05) is 11.8 Å². The number of benzene rings is 1. The molecule has 0 aliphatic carbocycles. The van der Waals surface area contributed by atoms with E-state index in [4.69, 9.17) is 4.74 Å². The summed E-state index contributed by atoms with van der Waals surface area (Å²) in [5.74, 6) is -0.306. The first-order chi connectivity index (χ1) is 11.9. The Morgan fingerprint density at radius 1 is 1.20 bits per heavy atom. The minimum absolute atomic E-state index is 0.152. The maximum atomic E-state index is 12.1. The van der Waals surface area contributed by atoms with Gasteiger partial charge in [0.05, 0.1) is 17.4 Å². The number of carbonyl (C=O) groups is 2. The second-order valence-corrected chi connectivity index (χ2v) is 6.93. The standard InChI is InChI=1S/C17H22N4O3S/c1-11(2)21-10-18-20-17(21)25-9-15(22)19-14-7-5-13(6-8-14)16(23)24-12(3)4/h5-8,10-12H,9H2,1-4H3,(H,19,22). The molecule has 0 aliphatic heterocycles. The van der Waals surface area contributed by atoms with E-state index < -0.39 is 0 Å². The van der Waals surface area contributed by atoms with Crippen molar-refractivity contribution in [3.05, 3.63) is 36.2 Å². The topological polar surface area (TPSA) is 86.1 Å². The lowest BCUT2D eigenvalue weighted by Gasteiger charge is -2.10. The van der Waals surface area contributed by atoms with Crippen molar-refractivity contribution in [2.75, 3.05) is 11.1 Å². The van der Waals surface area contributed by atoms with Gasteiger partial charge in [-0.15, -0.1) is 10.2 Å². The van der Waals surface area contributed by atoms with E-state index in [1.54, 1.807) is 44.4 Å². The van der Waals surface area contributed by atoms with Crippen LogP contribution in [0.2, 0.25) is 0 Å². The molecule has 1 aromatic heterocycles. The number of esters is 1. The predicted molar refractivity (Wildman–Crippen MR) is 96.8 cm³/mol. The van der Waals surface area contributed by atoms with Crippen LogP contribution in [0.15, 0.2) is 35.7 Å². The van der Waals surface area contributed by atoms with Gasteiger partial charge in [0.25, 0.3) is 0 Å². The van der Waals surface area contributed by atoms with Crippen LogP contribution in [0, 0.1) is 0 Å². The van der Waals surface area contributed by atoms with Crippen LogP contribution in [0.5, 0.6) is 0 Å². The zero-order valence-electron chi connectivity index (χ0n) is 14.7. The minimum Gasteiger partial charge on any atom is -0.459 e. The molecule has 0 atom stereocenters. The number of hydrogen-bond acceptors (Lipinski definition) is 6. The zero-order chi connectivity index (χ0) is 18.4. The largest absolute Gasteiger partial charge is 0.459 e. The third kappa shape index (κ3) is 5.60. The lowest BCUT2D eigenvalue weighted by Crippen LogP contribution is -2.15. The summed E-state index contributed by atoms with van der Waals surface area (Å²) in [6.45, 7) is 7.65. The van der Waals surface area contributed by atoms with Crippen molar-refractivity contribution >= 4 is 29.3 Å². The molecule has 7 nitrogen and oxygen atoms in total. The minimum atomic E-state index is -0.378. The molecular weight excluding hydrogens is 340 g/mol. The van der Waals surface area contributed by atoms with Gasteiger partial charge in [0.15, 0.2) is 5.16 Å². The number of rotatable bonds is 7. The Balaban J connectivity index is 1.88. The Hall–Kier alpha value is -2.35. The Kier molecular flexibility index (Phi) is 6.58. The van der Waals surface area contributed by atoms with E-state index >= 15 is 0 Å². The fraction of sp³-hybridized carbons (Fsp3) is 0.412. The molecule has 25 heavy (non-hydrogen) atoms. The molecular formula is C17H22N4O3S. The quantitative estimate of drug-likeness (QED) is 0.601. The highest BCUT2D eigenvalue weighted by Crippen LogP contribution is 2.19. The summed E-state index contributed by atoms with van der Waals surface area (Å²) in [6.07, 6.45) is 1.48. The van der Waals surface area contributed by atoms with Crippen LogP contribution in [0.1, 0.15) is 44.1 Å². The van der Waals surface area contributed by atoms with E-state index in [-0.39, 0.29) is 29.8 Å². The third-order valence-electron chi connectivity index (χ3n) is 3.18. The molecule has 1 amide bonds. The molecule has 2 rings (SSSR count). The highest BCUT2D eigenvalue weighted by atomic mass is 32.2. The fourth-order valence-electron chi connectivity index (χ4n) is 1.99. The molecule has 0 bridgehead atoms. The number of aromatic nitrogens is 3. The number of carbonyl (C=O) groups excluding carboxylic acids is 2. The van der Waals surface area contributed by atoms with E-state index in [1.807, 2.05) is 18.4 Å². The van der Waals surface area contributed by atoms with Gasteiger partial charge in [-0.05, 0) is 52.0 Å². The first-order valence-electron chi connectivity index (χ1n) is 8.00. The number of amides is 1. The van der Waals surface area contributed by atoms with Crippen LogP contribution in [0.25, 0.3) is 0 Å². The normalized spacial score (nSPS) is 11.0. The van der Waals surface area contributed by atoms with Gasteiger partial charge in [-0.3, -0.25) is 4.79 Å². The maximum Gasteiger partial charge on any atom is 0.338 e. The summed E-state index contributed by atoms with van der Waals surface area (Å²) in [5.41, 5.74) is 1.07. The van der Waals surface area contributed by atoms with Crippen molar-refractivity contribution in [2.45, 2.75) is 45.0 Å². The van der Waals surface area contributed by atoms with Crippen LogP contribution < -0.4 is 5.32 Å². The van der Waals surface area contributed by atoms with Gasteiger partial charge < -0.3 is 14.6 Å². The van der Waals surface area contributed by atoms with Gasteiger partial charge >= 0.3 is 5.97 Å². The van der Waals surface area contributed by atoms with Crippen LogP contribution in [-0.4, -0.2) is 38.5 Å². The second-order valence-electron chi connectivity index (χ2n) is 5.98. The number of nitrogens with one attached hydrogen (secondary N) is 1. The molecule has 8 heteroatoms. The number of ether oxygens (including phenoxy) is 1. The zero-order valence-corrected chi connectivity index (χ0v) is 15.5. The number of nitrogens with zero attached hydrogens (tertiary/aromatic N) is 3. The number of thioether (sulfide) groups is 1. The molecule has 2 aromatic rings. The van der Waals surface area contributed by atoms with Crippen LogP contribution in [-0.2, 0) is 9.53 Å². The lowest BCUT2D eigenvalue weighted by atomic mass is 10.2. The molecule has 1 heterocycles. The lowest BCUT2D eigenvalue weighted by molar-refractivity contribution is -0.113. The monoisotopic (exact) mass is 362 g/mol. The SMILES string of the molecule is CC(C)OC(=O)c1ccc(NC(=O)CSc2nncn2C(C)C)cc1. The third-order valence-corrected chi connectivity index (χ3v) is 4.13. The number of hydrogen-bond donors (Lipinski definition) is 1. The molecule has 1 aromatic carbocycles. The Bertz CT molecular complexity index is 726. The highest BCUT2D eigenvalue weighted by molar-refractivity contribution is 7.99. The first-order valence-corrected chi connectivity index (χ1v) is 8.98. The molecule has 0 saturated carbocycles. The summed E-state index contributed by atoms with van der Waals surface area (Å²) >= 11 is 1.33. The van der Waals surface area contributed by atoms with Crippen LogP contribution >= 0.6 is 11.8 Å². The van der Waals surface area contributed by atoms with Crippen molar-refractivity contribution < 1.29 is 14.3 Å². The Labute approximate surface area is 151 Å². The Morgan fingerprint density at radius 2 is 1.88 bits per heavy atom. The summed E-state index contributed by atoms with van der Waals surface area (Å²) < 4.78 is 7.03. The molecule has 0 saturated heterocycles. The predicted octanol–water partition coefficient (Wildman–Crippen LogP) is 3.16. The van der Waals surface area contributed by atoms with E-state index in [0.717, 1.165) is 0 Å². The van der Waals surface area contributed by atoms with Gasteiger partial charge in [0.1, 0.15) is 6.33 Å². The van der Waals surface area contributed by atoms with Gasteiger partial charge in [0, 0.05) is 11.7 Å². The fourth-order valence-corrected chi connectivity index (χ4v) is 2.83. The average molecular weight is 362 g/mol. The van der Waals surface area contributed by atoms with Crippen molar-refractivity contribution in [1.29, 1.82) is 0 Å². The van der Waals surface area contributed by atoms with E-state index in [0.29, 0.717) is 16.4 Å². The van der Waals surface area contributed by atoms with Gasteiger partial charge in [-0.2, -0.15) is 0 Å². The van der Waals surface area contributed by atoms with Crippen molar-refractivity contribution in [2.24, 2.45) is 0 Å². The average Bonchev–Trinajstić information content (AvgIpc) is 3.01. The van der Waals surface area contributed by atoms with Crippen LogP contribution in [0.3, 0.4) is 0 Å². The molecule has 0 aliphatic rings. The van der Waals surface area contributed by atoms with E-state index in [2.05, 4.69) is 15.5 Å². The second kappa shape index (κ2) is 8.66. The Morgan fingerprint density at radius 3 is 2.48 bits per heavy atom. The molecule has 0 unspecified atom stereocenters. The highest BCUT2D eigenvalue weighted by Gasteiger charge is 2.12. The first kappa shape index (κ1) is 19.0.